The van der Waals surface area contributed by atoms with Crippen LogP contribution in [0.3, 0.4) is 0 Å². The summed E-state index contributed by atoms with van der Waals surface area (Å²) in [5.41, 5.74) is 3.30. The van der Waals surface area contributed by atoms with Crippen LogP contribution >= 0.6 is 27.7 Å². The van der Waals surface area contributed by atoms with E-state index in [9.17, 15) is 0 Å². The average Bonchev–Trinajstić information content (AvgIpc) is 2.79. The Labute approximate surface area is 191 Å². The Kier molecular flexibility index (Phi) is 8.22. The highest BCUT2D eigenvalue weighted by molar-refractivity contribution is 9.10. The van der Waals surface area contributed by atoms with Crippen molar-refractivity contribution >= 4 is 38.5 Å². The minimum absolute atomic E-state index is 0.736. The minimum atomic E-state index is 0.736. The lowest BCUT2D eigenvalue weighted by Crippen LogP contribution is -2.27. The van der Waals surface area contributed by atoms with Crippen molar-refractivity contribution in [2.45, 2.75) is 13.1 Å². The van der Waals surface area contributed by atoms with Gasteiger partial charge in [-0.2, -0.15) is 0 Å². The molecular weight excluding hydrogens is 460 g/mol. The number of para-hydroxylation sites is 1. The van der Waals surface area contributed by atoms with Gasteiger partial charge in [-0.3, -0.25) is 0 Å². The fourth-order valence-corrected chi connectivity index (χ4v) is 3.94. The molecule has 0 aromatic heterocycles. The molecule has 3 aromatic carbocycles. The quantitative estimate of drug-likeness (QED) is 0.282. The summed E-state index contributed by atoms with van der Waals surface area (Å²) in [7, 11) is 3.36. The molecule has 6 heteroatoms. The summed E-state index contributed by atoms with van der Waals surface area (Å²) in [6.45, 7) is 1.47. The second kappa shape index (κ2) is 11.1. The summed E-state index contributed by atoms with van der Waals surface area (Å²) in [5.74, 6) is 1.71. The number of halogens is 1. The molecule has 156 valence electrons. The molecule has 0 atom stereocenters. The van der Waals surface area contributed by atoms with Gasteiger partial charge in [0, 0.05) is 17.6 Å². The molecule has 0 bridgehead atoms. The Morgan fingerprint density at radius 1 is 0.833 bits per heavy atom. The van der Waals surface area contributed by atoms with Gasteiger partial charge in [0.1, 0.15) is 11.5 Å². The van der Waals surface area contributed by atoms with Crippen molar-refractivity contribution < 1.29 is 9.47 Å². The van der Waals surface area contributed by atoms with Gasteiger partial charge in [0.2, 0.25) is 0 Å². The van der Waals surface area contributed by atoms with Crippen molar-refractivity contribution in [1.29, 1.82) is 0 Å². The van der Waals surface area contributed by atoms with Crippen LogP contribution in [0.5, 0.6) is 11.5 Å². The lowest BCUT2D eigenvalue weighted by molar-refractivity contribution is 0.405. The Morgan fingerprint density at radius 3 is 1.77 bits per heavy atom. The first-order valence-electron chi connectivity index (χ1n) is 9.51. The number of aliphatic imine (C=N–C) groups is 1. The normalized spacial score (nSPS) is 11.3. The van der Waals surface area contributed by atoms with Crippen molar-refractivity contribution in [3.63, 3.8) is 0 Å². The first-order chi connectivity index (χ1) is 14.6. The number of nitrogens with zero attached hydrogens (tertiary/aromatic N) is 2. The molecule has 0 fully saturated rings. The van der Waals surface area contributed by atoms with Crippen molar-refractivity contribution in [2.24, 2.45) is 4.99 Å². The second-order valence-corrected chi connectivity index (χ2v) is 8.23. The van der Waals surface area contributed by atoms with Crippen molar-refractivity contribution in [3.8, 4) is 11.5 Å². The fraction of sp³-hybridized carbons (Fsp3) is 0.208. The molecule has 0 spiro atoms. The number of amidine groups is 1. The zero-order chi connectivity index (χ0) is 21.3. The number of hydrogen-bond donors (Lipinski definition) is 0. The van der Waals surface area contributed by atoms with Gasteiger partial charge >= 0.3 is 0 Å². The second-order valence-electron chi connectivity index (χ2n) is 6.60. The number of thioether (sulfide) groups is 1. The third-order valence-corrected chi connectivity index (χ3v) is 5.97. The maximum atomic E-state index is 5.29. The van der Waals surface area contributed by atoms with Crippen LogP contribution < -0.4 is 9.47 Å². The van der Waals surface area contributed by atoms with Gasteiger partial charge in [-0.05, 0) is 69.7 Å². The van der Waals surface area contributed by atoms with Gasteiger partial charge in [-0.25, -0.2) is 4.99 Å². The highest BCUT2D eigenvalue weighted by Gasteiger charge is 2.14. The summed E-state index contributed by atoms with van der Waals surface area (Å²) in [6, 6.07) is 24.4. The van der Waals surface area contributed by atoms with E-state index < -0.39 is 0 Å². The molecule has 0 aliphatic rings. The van der Waals surface area contributed by atoms with E-state index in [0.29, 0.717) is 0 Å². The van der Waals surface area contributed by atoms with Crippen molar-refractivity contribution in [2.75, 3.05) is 20.5 Å². The molecule has 0 saturated heterocycles. The van der Waals surface area contributed by atoms with E-state index >= 15 is 0 Å². The van der Waals surface area contributed by atoms with E-state index in [1.165, 1.54) is 11.1 Å². The number of rotatable bonds is 7. The Balaban J connectivity index is 1.92. The number of hydrogen-bond acceptors (Lipinski definition) is 4. The van der Waals surface area contributed by atoms with Crippen LogP contribution in [0, 0.1) is 0 Å². The van der Waals surface area contributed by atoms with E-state index in [1.54, 1.807) is 26.0 Å². The van der Waals surface area contributed by atoms with Crippen LogP contribution in [0.15, 0.2) is 82.3 Å². The summed E-state index contributed by atoms with van der Waals surface area (Å²) >= 11 is 5.25. The molecular formula is C24H25BrN2O2S. The van der Waals surface area contributed by atoms with Crippen molar-refractivity contribution in [1.82, 2.24) is 4.90 Å². The molecule has 0 saturated carbocycles. The fourth-order valence-electron chi connectivity index (χ4n) is 2.98. The van der Waals surface area contributed by atoms with Gasteiger partial charge in [0.05, 0.1) is 19.9 Å². The summed E-state index contributed by atoms with van der Waals surface area (Å²) < 4.78 is 11.6. The molecule has 0 aliphatic carbocycles. The van der Waals surface area contributed by atoms with Gasteiger partial charge in [-0.15, -0.1) is 0 Å². The van der Waals surface area contributed by atoms with Crippen molar-refractivity contribution in [3.05, 3.63) is 88.4 Å². The van der Waals surface area contributed by atoms with E-state index in [2.05, 4.69) is 51.4 Å². The number of benzene rings is 3. The molecule has 0 unspecified atom stereocenters. The van der Waals surface area contributed by atoms with Gasteiger partial charge in [-0.1, -0.05) is 48.2 Å². The predicted molar refractivity (Wildman–Crippen MR) is 130 cm³/mol. The average molecular weight is 485 g/mol. The maximum absolute atomic E-state index is 5.29. The largest absolute Gasteiger partial charge is 0.497 e. The minimum Gasteiger partial charge on any atom is -0.497 e. The van der Waals surface area contributed by atoms with Crippen LogP contribution in [0.1, 0.15) is 11.1 Å². The molecule has 0 N–H and O–H groups in total. The molecule has 30 heavy (non-hydrogen) atoms. The molecule has 3 rings (SSSR count). The van der Waals surface area contributed by atoms with Gasteiger partial charge in [0.15, 0.2) is 5.17 Å². The van der Waals surface area contributed by atoms with Crippen LogP contribution in [-0.2, 0) is 13.1 Å². The lowest BCUT2D eigenvalue weighted by Gasteiger charge is -2.26. The van der Waals surface area contributed by atoms with Crippen LogP contribution in [0.4, 0.5) is 5.69 Å². The molecule has 0 radical (unpaired) electrons. The SMILES string of the molecule is COc1ccc(CN(Cc2ccc(OC)cc2)C(=Nc2ccccc2Br)SC)cc1. The molecule has 0 aliphatic heterocycles. The van der Waals surface area contributed by atoms with E-state index in [-0.39, 0.29) is 0 Å². The molecule has 0 amide bonds. The highest BCUT2D eigenvalue weighted by atomic mass is 79.9. The highest BCUT2D eigenvalue weighted by Crippen LogP contribution is 2.27. The zero-order valence-electron chi connectivity index (χ0n) is 17.3. The van der Waals surface area contributed by atoms with Crippen LogP contribution in [-0.4, -0.2) is 30.5 Å². The monoisotopic (exact) mass is 484 g/mol. The number of methoxy groups -OCH3 is 2. The lowest BCUT2D eigenvalue weighted by atomic mass is 10.1. The third-order valence-electron chi connectivity index (χ3n) is 4.59. The van der Waals surface area contributed by atoms with Gasteiger partial charge < -0.3 is 14.4 Å². The molecule has 4 nitrogen and oxygen atoms in total. The predicted octanol–water partition coefficient (Wildman–Crippen LogP) is 6.52. The summed E-state index contributed by atoms with van der Waals surface area (Å²) in [5, 5.41) is 0.952. The maximum Gasteiger partial charge on any atom is 0.164 e. The third kappa shape index (κ3) is 6.03. The Bertz CT molecular complexity index is 926. The first kappa shape index (κ1) is 22.2. The van der Waals surface area contributed by atoms with Crippen LogP contribution in [0.2, 0.25) is 0 Å². The standard InChI is InChI=1S/C24H25BrN2O2S/c1-28-20-12-8-18(9-13-20)16-27(17-19-10-14-21(29-2)15-11-19)24(30-3)26-23-7-5-4-6-22(23)25/h4-15H,16-17H2,1-3H3. The van der Waals surface area contributed by atoms with E-state index in [4.69, 9.17) is 14.5 Å². The van der Waals surface area contributed by atoms with Crippen LogP contribution in [0.25, 0.3) is 0 Å². The molecule has 3 aromatic rings. The number of ether oxygens (including phenoxy) is 2. The smallest absolute Gasteiger partial charge is 0.164 e. The Morgan fingerprint density at radius 2 is 1.33 bits per heavy atom. The zero-order valence-corrected chi connectivity index (χ0v) is 19.7. The summed E-state index contributed by atoms with van der Waals surface area (Å²) in [6.07, 6.45) is 2.06. The Hall–Kier alpha value is -2.44. The van der Waals surface area contributed by atoms with E-state index in [1.807, 2.05) is 48.5 Å². The van der Waals surface area contributed by atoms with Gasteiger partial charge in [0.25, 0.3) is 0 Å². The first-order valence-corrected chi connectivity index (χ1v) is 11.5. The topological polar surface area (TPSA) is 34.1 Å². The summed E-state index contributed by atoms with van der Waals surface area (Å²) in [4.78, 5) is 7.23. The van der Waals surface area contributed by atoms with E-state index in [0.717, 1.165) is 39.9 Å². The molecule has 0 heterocycles.